The van der Waals surface area contributed by atoms with Gasteiger partial charge in [0.1, 0.15) is 0 Å². The quantitative estimate of drug-likeness (QED) is 0.469. The summed E-state index contributed by atoms with van der Waals surface area (Å²) in [5.41, 5.74) is 11.5. The van der Waals surface area contributed by atoms with Crippen LogP contribution in [0, 0.1) is 0 Å². The maximum atomic E-state index is 5.75. The third-order valence-electron chi connectivity index (χ3n) is 2.12. The lowest BCUT2D eigenvalue weighted by Crippen LogP contribution is -2.40. The Labute approximate surface area is 56.6 Å². The van der Waals surface area contributed by atoms with Crippen LogP contribution >= 0.6 is 0 Å². The summed E-state index contributed by atoms with van der Waals surface area (Å²) in [6, 6.07) is 0.542. The van der Waals surface area contributed by atoms with E-state index in [-0.39, 0.29) is 12.1 Å². The van der Waals surface area contributed by atoms with Gasteiger partial charge in [0.25, 0.3) is 0 Å². The molecule has 2 atom stereocenters. The Kier molecular flexibility index (Phi) is 2.49. The van der Waals surface area contributed by atoms with Crippen molar-refractivity contribution in [3.05, 3.63) is 0 Å². The Morgan fingerprint density at radius 3 is 1.67 bits per heavy atom. The Balaban J connectivity index is 2.32. The SMILES string of the molecule is NC1CCCCC[C@H]1N. The fourth-order valence-electron chi connectivity index (χ4n) is 1.37. The smallest absolute Gasteiger partial charge is 0.0192 e. The van der Waals surface area contributed by atoms with Gasteiger partial charge < -0.3 is 11.5 Å². The first-order valence-corrected chi connectivity index (χ1v) is 3.82. The van der Waals surface area contributed by atoms with Gasteiger partial charge in [0.05, 0.1) is 0 Å². The summed E-state index contributed by atoms with van der Waals surface area (Å²) in [6.45, 7) is 0. The van der Waals surface area contributed by atoms with Crippen molar-refractivity contribution in [1.29, 1.82) is 0 Å². The topological polar surface area (TPSA) is 52.0 Å². The van der Waals surface area contributed by atoms with Crippen LogP contribution in [0.4, 0.5) is 0 Å². The highest BCUT2D eigenvalue weighted by Crippen LogP contribution is 2.14. The Hall–Kier alpha value is -0.0800. The molecule has 54 valence electrons. The zero-order chi connectivity index (χ0) is 6.69. The van der Waals surface area contributed by atoms with Crippen molar-refractivity contribution in [1.82, 2.24) is 0 Å². The summed E-state index contributed by atoms with van der Waals surface area (Å²) in [5.74, 6) is 0. The lowest BCUT2D eigenvalue weighted by molar-refractivity contribution is 0.500. The predicted molar refractivity (Wildman–Crippen MR) is 39.0 cm³/mol. The molecule has 0 bridgehead atoms. The average molecular weight is 128 g/mol. The average Bonchev–Trinajstić information content (AvgIpc) is 1.99. The molecule has 0 saturated heterocycles. The molecule has 1 fully saturated rings. The second-order valence-corrected chi connectivity index (χ2v) is 2.97. The molecule has 4 N–H and O–H groups in total. The molecule has 2 heteroatoms. The molecule has 0 heterocycles. The second kappa shape index (κ2) is 3.18. The Bertz CT molecular complexity index is 73.0. The van der Waals surface area contributed by atoms with Crippen molar-refractivity contribution in [2.24, 2.45) is 11.5 Å². The van der Waals surface area contributed by atoms with E-state index in [1.54, 1.807) is 0 Å². The van der Waals surface area contributed by atoms with E-state index >= 15 is 0 Å². The molecular formula is C7H16N2. The van der Waals surface area contributed by atoms with Crippen molar-refractivity contribution in [3.63, 3.8) is 0 Å². The van der Waals surface area contributed by atoms with Crippen LogP contribution in [0.1, 0.15) is 32.1 Å². The van der Waals surface area contributed by atoms with Gasteiger partial charge in [-0.25, -0.2) is 0 Å². The van der Waals surface area contributed by atoms with E-state index in [0.717, 1.165) is 12.8 Å². The van der Waals surface area contributed by atoms with E-state index in [9.17, 15) is 0 Å². The highest BCUT2D eigenvalue weighted by molar-refractivity contribution is 4.78. The maximum Gasteiger partial charge on any atom is 0.0192 e. The summed E-state index contributed by atoms with van der Waals surface area (Å²) >= 11 is 0. The summed E-state index contributed by atoms with van der Waals surface area (Å²) in [4.78, 5) is 0. The van der Waals surface area contributed by atoms with Crippen LogP contribution in [-0.4, -0.2) is 12.1 Å². The van der Waals surface area contributed by atoms with E-state index in [1.807, 2.05) is 0 Å². The molecular weight excluding hydrogens is 112 g/mol. The molecule has 1 saturated carbocycles. The monoisotopic (exact) mass is 128 g/mol. The summed E-state index contributed by atoms with van der Waals surface area (Å²) in [7, 11) is 0. The highest BCUT2D eigenvalue weighted by Gasteiger charge is 2.15. The summed E-state index contributed by atoms with van der Waals surface area (Å²) in [6.07, 6.45) is 6.12. The molecule has 2 nitrogen and oxygen atoms in total. The Morgan fingerprint density at radius 2 is 1.22 bits per heavy atom. The molecule has 1 aliphatic carbocycles. The Morgan fingerprint density at radius 1 is 0.778 bits per heavy atom. The first-order valence-electron chi connectivity index (χ1n) is 3.82. The second-order valence-electron chi connectivity index (χ2n) is 2.97. The summed E-state index contributed by atoms with van der Waals surface area (Å²) in [5, 5.41) is 0. The molecule has 0 amide bonds. The van der Waals surface area contributed by atoms with Crippen LogP contribution < -0.4 is 11.5 Å². The van der Waals surface area contributed by atoms with E-state index in [2.05, 4.69) is 0 Å². The largest absolute Gasteiger partial charge is 0.326 e. The van der Waals surface area contributed by atoms with Crippen LogP contribution in [0.3, 0.4) is 0 Å². The molecule has 0 radical (unpaired) electrons. The number of hydrogen-bond donors (Lipinski definition) is 2. The molecule has 0 spiro atoms. The summed E-state index contributed by atoms with van der Waals surface area (Å²) < 4.78 is 0. The van der Waals surface area contributed by atoms with Gasteiger partial charge in [0.15, 0.2) is 0 Å². The van der Waals surface area contributed by atoms with Gasteiger partial charge in [0.2, 0.25) is 0 Å². The van der Waals surface area contributed by atoms with E-state index < -0.39 is 0 Å². The molecule has 9 heavy (non-hydrogen) atoms. The molecule has 0 aromatic heterocycles. The van der Waals surface area contributed by atoms with Gasteiger partial charge >= 0.3 is 0 Å². The van der Waals surface area contributed by atoms with Crippen molar-refractivity contribution in [2.75, 3.05) is 0 Å². The normalized spacial score (nSPS) is 38.0. The van der Waals surface area contributed by atoms with Gasteiger partial charge in [-0.05, 0) is 12.8 Å². The van der Waals surface area contributed by atoms with E-state index in [1.165, 1.54) is 19.3 Å². The van der Waals surface area contributed by atoms with Crippen LogP contribution in [-0.2, 0) is 0 Å². The first kappa shape index (κ1) is 7.03. The number of rotatable bonds is 0. The lowest BCUT2D eigenvalue weighted by atomic mass is 10.1. The van der Waals surface area contributed by atoms with Crippen molar-refractivity contribution < 1.29 is 0 Å². The highest BCUT2D eigenvalue weighted by atomic mass is 14.8. The zero-order valence-electron chi connectivity index (χ0n) is 5.84. The zero-order valence-corrected chi connectivity index (χ0v) is 5.84. The van der Waals surface area contributed by atoms with Gasteiger partial charge in [-0.15, -0.1) is 0 Å². The third kappa shape index (κ3) is 1.95. The number of nitrogens with two attached hydrogens (primary N) is 2. The molecule has 0 aliphatic heterocycles. The minimum Gasteiger partial charge on any atom is -0.326 e. The fraction of sp³-hybridized carbons (Fsp3) is 1.00. The van der Waals surface area contributed by atoms with Gasteiger partial charge in [-0.2, -0.15) is 0 Å². The van der Waals surface area contributed by atoms with Gasteiger partial charge in [0, 0.05) is 12.1 Å². The molecule has 1 unspecified atom stereocenters. The molecule has 1 rings (SSSR count). The third-order valence-corrected chi connectivity index (χ3v) is 2.12. The lowest BCUT2D eigenvalue weighted by Gasteiger charge is -2.14. The van der Waals surface area contributed by atoms with Gasteiger partial charge in [-0.3, -0.25) is 0 Å². The first-order chi connectivity index (χ1) is 4.30. The fourth-order valence-corrected chi connectivity index (χ4v) is 1.37. The van der Waals surface area contributed by atoms with Crippen LogP contribution in [0.15, 0.2) is 0 Å². The van der Waals surface area contributed by atoms with Crippen molar-refractivity contribution >= 4 is 0 Å². The van der Waals surface area contributed by atoms with Crippen molar-refractivity contribution in [3.8, 4) is 0 Å². The molecule has 0 aromatic rings. The van der Waals surface area contributed by atoms with Gasteiger partial charge in [-0.1, -0.05) is 19.3 Å². The van der Waals surface area contributed by atoms with Crippen molar-refractivity contribution in [2.45, 2.75) is 44.2 Å². The number of hydrogen-bond acceptors (Lipinski definition) is 2. The van der Waals surface area contributed by atoms with Crippen LogP contribution in [0.5, 0.6) is 0 Å². The van der Waals surface area contributed by atoms with Crippen LogP contribution in [0.2, 0.25) is 0 Å². The maximum absolute atomic E-state index is 5.75. The van der Waals surface area contributed by atoms with E-state index in [0.29, 0.717) is 0 Å². The molecule has 1 aliphatic rings. The van der Waals surface area contributed by atoms with E-state index in [4.69, 9.17) is 11.5 Å². The van der Waals surface area contributed by atoms with Crippen LogP contribution in [0.25, 0.3) is 0 Å². The standard InChI is InChI=1S/C7H16N2/c8-6-4-2-1-3-5-7(6)9/h6-7H,1-5,8-9H2/t6-,7?/m1/s1. The minimum absolute atomic E-state index is 0.271. The predicted octanol–water partition coefficient (Wildman–Crippen LogP) is 0.605. The minimum atomic E-state index is 0.271. The molecule has 0 aromatic carbocycles.